The van der Waals surface area contributed by atoms with Crippen LogP contribution < -0.4 is 5.48 Å². The van der Waals surface area contributed by atoms with Crippen LogP contribution in [-0.2, 0) is 4.84 Å². The van der Waals surface area contributed by atoms with E-state index in [0.717, 1.165) is 11.3 Å². The number of rotatable bonds is 4. The maximum Gasteiger partial charge on any atom is 0.0859 e. The van der Waals surface area contributed by atoms with Crippen molar-refractivity contribution in [2.24, 2.45) is 0 Å². The normalized spacial score (nSPS) is 11.5. The number of nitrogens with one attached hydrogen (secondary N) is 1. The minimum Gasteiger partial charge on any atom is -0.279 e. The number of hydroxylamine groups is 1. The van der Waals surface area contributed by atoms with Crippen LogP contribution in [0.25, 0.3) is 11.9 Å². The molecule has 0 bridgehead atoms. The van der Waals surface area contributed by atoms with Crippen molar-refractivity contribution in [2.45, 2.75) is 0 Å². The molecule has 0 spiro atoms. The van der Waals surface area contributed by atoms with Crippen LogP contribution in [0.1, 0.15) is 5.56 Å². The lowest BCUT2D eigenvalue weighted by Gasteiger charge is -2.09. The Hall–Kier alpha value is -1.78. The molecule has 0 atom stereocenters. The first-order valence-corrected chi connectivity index (χ1v) is 5.43. The van der Waals surface area contributed by atoms with Crippen LogP contribution in [0.15, 0.2) is 42.7 Å². The van der Waals surface area contributed by atoms with E-state index in [9.17, 15) is 0 Å². The van der Waals surface area contributed by atoms with Crippen LogP contribution in [-0.4, -0.2) is 16.9 Å². The summed E-state index contributed by atoms with van der Waals surface area (Å²) < 4.78 is 1.69. The van der Waals surface area contributed by atoms with Gasteiger partial charge in [-0.2, -0.15) is 5.10 Å². The van der Waals surface area contributed by atoms with E-state index in [0.29, 0.717) is 5.02 Å². The second-order valence-electron chi connectivity index (χ2n) is 3.34. The molecule has 0 aliphatic heterocycles. The van der Waals surface area contributed by atoms with E-state index in [-0.39, 0.29) is 0 Å². The number of benzene rings is 1. The van der Waals surface area contributed by atoms with E-state index in [1.165, 1.54) is 0 Å². The van der Waals surface area contributed by atoms with Gasteiger partial charge in [0, 0.05) is 23.0 Å². The van der Waals surface area contributed by atoms with Gasteiger partial charge in [0.2, 0.25) is 0 Å². The SMILES string of the molecule is CON/C(=C/n1cccn1)c1ccc(Cl)cc1. The lowest BCUT2D eigenvalue weighted by Crippen LogP contribution is -2.11. The zero-order valence-corrected chi connectivity index (χ0v) is 10.1. The Bertz CT molecular complexity index is 491. The molecule has 0 saturated carbocycles. The van der Waals surface area contributed by atoms with Crippen molar-refractivity contribution < 1.29 is 4.84 Å². The molecule has 0 fully saturated rings. The zero-order chi connectivity index (χ0) is 12.1. The summed E-state index contributed by atoms with van der Waals surface area (Å²) in [5.41, 5.74) is 4.58. The fraction of sp³-hybridized carbons (Fsp3) is 0.0833. The van der Waals surface area contributed by atoms with Crippen molar-refractivity contribution in [3.8, 4) is 0 Å². The van der Waals surface area contributed by atoms with Gasteiger partial charge in [-0.1, -0.05) is 23.7 Å². The lowest BCUT2D eigenvalue weighted by molar-refractivity contribution is 0.137. The Labute approximate surface area is 104 Å². The van der Waals surface area contributed by atoms with Crippen LogP contribution in [0, 0.1) is 0 Å². The molecule has 17 heavy (non-hydrogen) atoms. The Balaban J connectivity index is 2.31. The molecule has 2 rings (SSSR count). The van der Waals surface area contributed by atoms with Crippen LogP contribution in [0.4, 0.5) is 0 Å². The average molecular weight is 250 g/mol. The smallest absolute Gasteiger partial charge is 0.0859 e. The van der Waals surface area contributed by atoms with E-state index in [2.05, 4.69) is 10.6 Å². The highest BCUT2D eigenvalue weighted by molar-refractivity contribution is 6.30. The Morgan fingerprint density at radius 2 is 2.18 bits per heavy atom. The molecular weight excluding hydrogens is 238 g/mol. The summed E-state index contributed by atoms with van der Waals surface area (Å²) in [6.45, 7) is 0. The molecule has 2 aromatic rings. The number of nitrogens with zero attached hydrogens (tertiary/aromatic N) is 2. The summed E-state index contributed by atoms with van der Waals surface area (Å²) in [6, 6.07) is 9.31. The second kappa shape index (κ2) is 5.52. The molecule has 4 nitrogen and oxygen atoms in total. The van der Waals surface area contributed by atoms with E-state index in [1.54, 1.807) is 18.0 Å². The molecule has 1 aromatic carbocycles. The van der Waals surface area contributed by atoms with E-state index < -0.39 is 0 Å². The Morgan fingerprint density at radius 1 is 1.41 bits per heavy atom. The van der Waals surface area contributed by atoms with Gasteiger partial charge in [0.15, 0.2) is 0 Å². The molecular formula is C12H12ClN3O. The van der Waals surface area contributed by atoms with Gasteiger partial charge >= 0.3 is 0 Å². The van der Waals surface area contributed by atoms with Crippen LogP contribution in [0.5, 0.6) is 0 Å². The van der Waals surface area contributed by atoms with Crippen molar-refractivity contribution in [3.05, 3.63) is 53.3 Å². The van der Waals surface area contributed by atoms with Crippen molar-refractivity contribution in [1.82, 2.24) is 15.3 Å². The standard InChI is InChI=1S/C12H12ClN3O/c1-17-15-12(9-16-8-2-7-14-16)10-3-5-11(13)6-4-10/h2-9,15H,1H3/b12-9+. The topological polar surface area (TPSA) is 39.1 Å². The van der Waals surface area contributed by atoms with Crippen LogP contribution >= 0.6 is 11.6 Å². The molecule has 0 aliphatic rings. The van der Waals surface area contributed by atoms with Gasteiger partial charge in [0.05, 0.1) is 19.0 Å². The first-order valence-electron chi connectivity index (χ1n) is 5.05. The summed E-state index contributed by atoms with van der Waals surface area (Å²) >= 11 is 5.85. The molecule has 88 valence electrons. The van der Waals surface area contributed by atoms with Crippen molar-refractivity contribution in [1.29, 1.82) is 0 Å². The van der Waals surface area contributed by atoms with Crippen molar-refractivity contribution in [3.63, 3.8) is 0 Å². The lowest BCUT2D eigenvalue weighted by atomic mass is 10.2. The Kier molecular flexibility index (Phi) is 3.80. The summed E-state index contributed by atoms with van der Waals surface area (Å²) in [5, 5.41) is 4.80. The summed E-state index contributed by atoms with van der Waals surface area (Å²) in [7, 11) is 1.56. The largest absolute Gasteiger partial charge is 0.279 e. The van der Waals surface area contributed by atoms with Gasteiger partial charge in [0.1, 0.15) is 0 Å². The van der Waals surface area contributed by atoms with Crippen molar-refractivity contribution in [2.75, 3.05) is 7.11 Å². The molecule has 0 unspecified atom stereocenters. The number of hydrogen-bond acceptors (Lipinski definition) is 3. The molecule has 0 saturated heterocycles. The maximum absolute atomic E-state index is 5.85. The summed E-state index contributed by atoms with van der Waals surface area (Å²) in [6.07, 6.45) is 5.38. The first kappa shape index (κ1) is 11.7. The average Bonchev–Trinajstić information content (AvgIpc) is 2.82. The highest BCUT2D eigenvalue weighted by Crippen LogP contribution is 2.16. The maximum atomic E-state index is 5.85. The van der Waals surface area contributed by atoms with E-state index in [1.807, 2.05) is 42.7 Å². The van der Waals surface area contributed by atoms with Gasteiger partial charge in [-0.3, -0.25) is 10.3 Å². The fourth-order valence-corrected chi connectivity index (χ4v) is 1.51. The van der Waals surface area contributed by atoms with Gasteiger partial charge in [0.25, 0.3) is 0 Å². The van der Waals surface area contributed by atoms with Crippen LogP contribution in [0.2, 0.25) is 5.02 Å². The zero-order valence-electron chi connectivity index (χ0n) is 9.30. The quantitative estimate of drug-likeness (QED) is 0.847. The first-order chi connectivity index (χ1) is 8.29. The van der Waals surface area contributed by atoms with E-state index >= 15 is 0 Å². The fourth-order valence-electron chi connectivity index (χ4n) is 1.39. The third-order valence-electron chi connectivity index (χ3n) is 2.15. The Morgan fingerprint density at radius 3 is 2.76 bits per heavy atom. The molecule has 1 N–H and O–H groups in total. The molecule has 0 amide bonds. The third kappa shape index (κ3) is 3.09. The number of hydrogen-bond donors (Lipinski definition) is 1. The second-order valence-corrected chi connectivity index (χ2v) is 3.78. The molecule has 0 aliphatic carbocycles. The molecule has 1 aromatic heterocycles. The van der Waals surface area contributed by atoms with Crippen LogP contribution in [0.3, 0.4) is 0 Å². The summed E-state index contributed by atoms with van der Waals surface area (Å²) in [5.74, 6) is 0. The van der Waals surface area contributed by atoms with Crippen molar-refractivity contribution >= 4 is 23.5 Å². The monoisotopic (exact) mass is 249 g/mol. The molecule has 1 heterocycles. The molecule has 0 radical (unpaired) electrons. The van der Waals surface area contributed by atoms with Gasteiger partial charge in [-0.25, -0.2) is 4.68 Å². The molecule has 5 heteroatoms. The highest BCUT2D eigenvalue weighted by Gasteiger charge is 2.01. The van der Waals surface area contributed by atoms with Gasteiger partial charge < -0.3 is 0 Å². The number of halogens is 1. The number of aromatic nitrogens is 2. The predicted octanol–water partition coefficient (Wildman–Crippen LogP) is 2.64. The summed E-state index contributed by atoms with van der Waals surface area (Å²) in [4.78, 5) is 4.95. The minimum absolute atomic E-state index is 0.699. The predicted molar refractivity (Wildman–Crippen MR) is 68.0 cm³/mol. The third-order valence-corrected chi connectivity index (χ3v) is 2.41. The minimum atomic E-state index is 0.699. The van der Waals surface area contributed by atoms with Gasteiger partial charge in [-0.05, 0) is 18.2 Å². The van der Waals surface area contributed by atoms with E-state index in [4.69, 9.17) is 16.4 Å². The highest BCUT2D eigenvalue weighted by atomic mass is 35.5. The van der Waals surface area contributed by atoms with Gasteiger partial charge in [-0.15, -0.1) is 0 Å².